The van der Waals surface area contributed by atoms with Gasteiger partial charge in [-0.2, -0.15) is 0 Å². The van der Waals surface area contributed by atoms with E-state index in [0.717, 1.165) is 193 Å². The van der Waals surface area contributed by atoms with Gasteiger partial charge in [0.05, 0.1) is 24.3 Å². The smallest absolute Gasteiger partial charge is 0.340 e. The minimum atomic E-state index is -1.20. The molecule has 0 bridgehead atoms. The molecule has 0 radical (unpaired) electrons. The largest absolute Gasteiger partial charge is 0.493 e. The number of nitrogens with one attached hydrogen (secondary N) is 2. The van der Waals surface area contributed by atoms with Crippen molar-refractivity contribution >= 4 is 45.1 Å². The van der Waals surface area contributed by atoms with E-state index in [1.807, 2.05) is 48.5 Å². The number of fused-ring (bicyclic) bond motifs is 4. The SMILES string of the molecule is CCCc1[nH]c2ccccc2c1C1(c2ccc(N(CC)CC)cc2OCCCCCCCCCCOc2cc(N(CC)CC)ccc2C2(c3c(CCC)[nH]c4ccccc34)OC(=O)c3ccccc32)OC(=O)c2ccccc21. The first-order valence-corrected chi connectivity index (χ1v) is 29.2. The Labute approximate surface area is 461 Å². The van der Waals surface area contributed by atoms with Gasteiger partial charge < -0.3 is 38.7 Å². The van der Waals surface area contributed by atoms with Crippen LogP contribution in [0.1, 0.15) is 171 Å². The minimum absolute atomic E-state index is 0.324. The van der Waals surface area contributed by atoms with Crippen molar-refractivity contribution in [3.8, 4) is 11.5 Å². The second-order valence-corrected chi connectivity index (χ2v) is 21.0. The number of H-pyrrole nitrogens is 2. The number of hydrogen-bond donors (Lipinski definition) is 2. The number of unbranched alkanes of at least 4 members (excludes halogenated alkanes) is 7. The molecule has 2 aliphatic rings. The van der Waals surface area contributed by atoms with Gasteiger partial charge in [0, 0.05) is 116 Å². The summed E-state index contributed by atoms with van der Waals surface area (Å²) < 4.78 is 27.4. The lowest BCUT2D eigenvalue weighted by Crippen LogP contribution is -2.32. The summed E-state index contributed by atoms with van der Waals surface area (Å²) >= 11 is 0. The van der Waals surface area contributed by atoms with Crippen LogP contribution in [0.2, 0.25) is 0 Å². The Balaban J connectivity index is 0.812. The summed E-state index contributed by atoms with van der Waals surface area (Å²) in [5.74, 6) is 0.841. The van der Waals surface area contributed by atoms with E-state index in [1.165, 1.54) is 0 Å². The summed E-state index contributed by atoms with van der Waals surface area (Å²) in [5, 5.41) is 2.09. The molecule has 10 heteroatoms. The molecule has 0 saturated carbocycles. The Kier molecular flexibility index (Phi) is 16.6. The zero-order valence-electron chi connectivity index (χ0n) is 46.8. The van der Waals surface area contributed by atoms with Crippen LogP contribution in [-0.4, -0.2) is 61.3 Å². The Morgan fingerprint density at radius 3 is 1.21 bits per heavy atom. The van der Waals surface area contributed by atoms with E-state index in [9.17, 15) is 9.59 Å². The Morgan fingerprint density at radius 2 is 0.808 bits per heavy atom. The standard InChI is InChI=1S/C68H78N4O6/c1-7-29-59-63(51-33-21-25-37-57(51)69-59)67(53-35-23-19-31-49(53)65(73)77-67)55-41-39-47(71(9-3)10-4)45-61(55)75-43-27-17-15-13-14-16-18-28-44-76-62-46-48(72(11-5)12-6)40-42-56(62)68(54-36-24-20-32-50(54)66(74)78-68)64-52-34-22-26-38-58(52)70-60(64)30-8-2/h19-26,31-42,45-46,69-70H,7-18,27-30,43-44H2,1-6H3. The van der Waals surface area contributed by atoms with Crippen LogP contribution in [0.4, 0.5) is 11.4 Å². The molecule has 0 amide bonds. The molecule has 10 nitrogen and oxygen atoms in total. The molecular weight excluding hydrogens is 969 g/mol. The highest BCUT2D eigenvalue weighted by molar-refractivity contribution is 6.00. The lowest BCUT2D eigenvalue weighted by atomic mass is 9.77. The summed E-state index contributed by atoms with van der Waals surface area (Å²) in [7, 11) is 0. The fraction of sp³-hybridized carbons (Fsp3) is 0.382. The van der Waals surface area contributed by atoms with Gasteiger partial charge in [0.1, 0.15) is 11.5 Å². The number of carbonyl (C=O) groups is 2. The van der Waals surface area contributed by atoms with Crippen molar-refractivity contribution in [1.29, 1.82) is 0 Å². The predicted octanol–water partition coefficient (Wildman–Crippen LogP) is 15.7. The van der Waals surface area contributed by atoms with Gasteiger partial charge in [-0.1, -0.05) is 138 Å². The second-order valence-electron chi connectivity index (χ2n) is 21.0. The molecule has 10 rings (SSSR count). The Bertz CT molecular complexity index is 3160. The fourth-order valence-electron chi connectivity index (χ4n) is 12.6. The van der Waals surface area contributed by atoms with Crippen LogP contribution >= 0.6 is 0 Å². The molecule has 78 heavy (non-hydrogen) atoms. The molecule has 406 valence electrons. The van der Waals surface area contributed by atoms with Gasteiger partial charge in [-0.05, 0) is 102 Å². The minimum Gasteiger partial charge on any atom is -0.493 e. The van der Waals surface area contributed by atoms with Gasteiger partial charge in [-0.25, -0.2) is 9.59 Å². The molecule has 2 N–H and O–H groups in total. The maximum Gasteiger partial charge on any atom is 0.340 e. The Hall–Kier alpha value is -7.46. The van der Waals surface area contributed by atoms with Crippen molar-refractivity contribution < 1.29 is 28.5 Å². The summed E-state index contributed by atoms with van der Waals surface area (Å²) in [5.41, 5.74) is 10.5. The number of aromatic amines is 2. The number of carbonyl (C=O) groups excluding carboxylic acids is 2. The highest BCUT2D eigenvalue weighted by Gasteiger charge is 2.54. The van der Waals surface area contributed by atoms with Crippen molar-refractivity contribution in [1.82, 2.24) is 9.97 Å². The first-order valence-electron chi connectivity index (χ1n) is 29.2. The molecule has 2 aliphatic heterocycles. The zero-order chi connectivity index (χ0) is 54.2. The van der Waals surface area contributed by atoms with Crippen molar-refractivity contribution in [2.24, 2.45) is 0 Å². The number of hydrogen-bond acceptors (Lipinski definition) is 8. The van der Waals surface area contributed by atoms with E-state index in [-0.39, 0.29) is 11.9 Å². The molecule has 2 unspecified atom stereocenters. The van der Waals surface area contributed by atoms with Crippen LogP contribution < -0.4 is 19.3 Å². The van der Waals surface area contributed by atoms with Crippen LogP contribution in [0.5, 0.6) is 11.5 Å². The molecular formula is C68H78N4O6. The van der Waals surface area contributed by atoms with Crippen LogP contribution in [0, 0.1) is 0 Å². The second kappa shape index (κ2) is 24.1. The maximum atomic E-state index is 14.0. The van der Waals surface area contributed by atoms with Gasteiger partial charge in [0.25, 0.3) is 0 Å². The molecule has 2 aromatic heterocycles. The van der Waals surface area contributed by atoms with E-state index in [1.54, 1.807) is 0 Å². The molecule has 2 atom stereocenters. The van der Waals surface area contributed by atoms with Crippen molar-refractivity contribution in [2.45, 2.75) is 130 Å². The zero-order valence-corrected chi connectivity index (χ0v) is 46.8. The number of para-hydroxylation sites is 2. The quantitative estimate of drug-likeness (QED) is 0.0387. The van der Waals surface area contributed by atoms with Crippen LogP contribution in [-0.2, 0) is 33.5 Å². The number of benzene rings is 6. The molecule has 0 spiro atoms. The first-order chi connectivity index (χ1) is 38.3. The third-order valence-electron chi connectivity index (χ3n) is 16.3. The normalized spacial score (nSPS) is 16.6. The third-order valence-corrected chi connectivity index (χ3v) is 16.3. The van der Waals surface area contributed by atoms with Gasteiger partial charge in [-0.15, -0.1) is 0 Å². The van der Waals surface area contributed by atoms with E-state index in [0.29, 0.717) is 24.3 Å². The average Bonchev–Trinajstić information content (AvgIpc) is 4.28. The van der Waals surface area contributed by atoms with E-state index >= 15 is 0 Å². The van der Waals surface area contributed by atoms with Gasteiger partial charge in [-0.3, -0.25) is 0 Å². The summed E-state index contributed by atoms with van der Waals surface area (Å²) in [4.78, 5) is 40.1. The number of anilines is 2. The predicted molar refractivity (Wildman–Crippen MR) is 316 cm³/mol. The van der Waals surface area contributed by atoms with E-state index < -0.39 is 11.2 Å². The summed E-state index contributed by atoms with van der Waals surface area (Å²) in [6.07, 6.45) is 11.9. The third kappa shape index (κ3) is 9.92. The molecule has 0 fully saturated rings. The van der Waals surface area contributed by atoms with Crippen molar-refractivity contribution in [2.75, 3.05) is 49.2 Å². The molecule has 6 aromatic carbocycles. The highest BCUT2D eigenvalue weighted by Crippen LogP contribution is 2.55. The molecule has 0 aliphatic carbocycles. The van der Waals surface area contributed by atoms with Gasteiger partial charge in [0.2, 0.25) is 0 Å². The van der Waals surface area contributed by atoms with E-state index in [4.69, 9.17) is 18.9 Å². The van der Waals surface area contributed by atoms with Crippen LogP contribution in [0.3, 0.4) is 0 Å². The summed E-state index contributed by atoms with van der Waals surface area (Å²) in [6.45, 7) is 17.6. The lowest BCUT2D eigenvalue weighted by molar-refractivity contribution is 0.0235. The molecule has 8 aromatic rings. The number of cyclic esters (lactones) is 2. The van der Waals surface area contributed by atoms with Crippen LogP contribution in [0.15, 0.2) is 133 Å². The number of esters is 2. The number of aromatic nitrogens is 2. The topological polar surface area (TPSA) is 109 Å². The van der Waals surface area contributed by atoms with Crippen molar-refractivity contribution in [3.05, 3.63) is 189 Å². The number of aryl methyl sites for hydroxylation is 2. The lowest BCUT2D eigenvalue weighted by Gasteiger charge is -2.33. The Morgan fingerprint density at radius 1 is 0.436 bits per heavy atom. The average molecular weight is 1050 g/mol. The van der Waals surface area contributed by atoms with Crippen LogP contribution in [0.25, 0.3) is 21.8 Å². The summed E-state index contributed by atoms with van der Waals surface area (Å²) in [6, 6.07) is 45.3. The highest BCUT2D eigenvalue weighted by atomic mass is 16.6. The first kappa shape index (κ1) is 53.9. The van der Waals surface area contributed by atoms with Gasteiger partial charge in [0.15, 0.2) is 11.2 Å². The number of rotatable bonds is 27. The number of nitrogens with zero attached hydrogens (tertiary/aromatic N) is 2. The van der Waals surface area contributed by atoms with Crippen molar-refractivity contribution in [3.63, 3.8) is 0 Å². The maximum absolute atomic E-state index is 14.0. The number of ether oxygens (including phenoxy) is 4. The van der Waals surface area contributed by atoms with Gasteiger partial charge >= 0.3 is 11.9 Å². The monoisotopic (exact) mass is 1050 g/mol. The fourth-order valence-corrected chi connectivity index (χ4v) is 12.6. The molecule has 4 heterocycles. The molecule has 0 saturated heterocycles. The van der Waals surface area contributed by atoms with E-state index in [2.05, 4.69) is 146 Å².